The highest BCUT2D eigenvalue weighted by atomic mass is 19.2. The molecule has 0 radical (unpaired) electrons. The van der Waals surface area contributed by atoms with Crippen molar-refractivity contribution in [1.29, 1.82) is 0 Å². The number of carbonyl (C=O) groups is 1. The van der Waals surface area contributed by atoms with Crippen molar-refractivity contribution in [3.05, 3.63) is 93.8 Å². The average molecular weight is 548 g/mol. The van der Waals surface area contributed by atoms with Gasteiger partial charge in [-0.25, -0.2) is 18.7 Å². The molecule has 1 fully saturated rings. The molecule has 0 bridgehead atoms. The predicted octanol–water partition coefficient (Wildman–Crippen LogP) is 3.73. The highest BCUT2D eigenvalue weighted by Crippen LogP contribution is 2.24. The number of carbonyl (C=O) groups excluding carboxylic acids is 1. The summed E-state index contributed by atoms with van der Waals surface area (Å²) in [6.07, 6.45) is 8.62. The Morgan fingerprint density at radius 2 is 1.77 bits per heavy atom. The Labute approximate surface area is 230 Å². The van der Waals surface area contributed by atoms with E-state index < -0.39 is 23.1 Å². The van der Waals surface area contributed by atoms with Crippen molar-refractivity contribution in [3.8, 4) is 0 Å². The van der Waals surface area contributed by atoms with E-state index in [9.17, 15) is 18.4 Å². The molecule has 1 aliphatic carbocycles. The number of nitrogens with one attached hydrogen (secondary N) is 2. The van der Waals surface area contributed by atoms with Gasteiger partial charge in [-0.2, -0.15) is 0 Å². The number of halogens is 2. The monoisotopic (exact) mass is 547 g/mol. The van der Waals surface area contributed by atoms with Gasteiger partial charge in [-0.05, 0) is 75.2 Å². The third kappa shape index (κ3) is 6.31. The van der Waals surface area contributed by atoms with Crippen molar-refractivity contribution in [2.24, 2.45) is 0 Å². The van der Waals surface area contributed by atoms with Crippen LogP contribution in [0.1, 0.15) is 47.2 Å². The van der Waals surface area contributed by atoms with Crippen LogP contribution in [0.2, 0.25) is 0 Å². The number of aromatic nitrogens is 4. The minimum atomic E-state index is -1.01. The maximum atomic E-state index is 13.6. The van der Waals surface area contributed by atoms with E-state index in [2.05, 4.69) is 39.6 Å². The summed E-state index contributed by atoms with van der Waals surface area (Å²) in [5, 5.41) is 6.27. The molecule has 1 amide bonds. The van der Waals surface area contributed by atoms with Gasteiger partial charge in [0, 0.05) is 24.8 Å². The first-order chi connectivity index (χ1) is 19.3. The highest BCUT2D eigenvalue weighted by Gasteiger charge is 2.22. The fourth-order valence-corrected chi connectivity index (χ4v) is 5.01. The molecule has 11 heteroatoms. The summed E-state index contributed by atoms with van der Waals surface area (Å²) in [5.41, 5.74) is 1.87. The topological polar surface area (TPSA) is 105 Å². The lowest BCUT2D eigenvalue weighted by Crippen LogP contribution is -2.36. The van der Waals surface area contributed by atoms with E-state index in [1.54, 1.807) is 6.20 Å². The fourth-order valence-electron chi connectivity index (χ4n) is 5.01. The Hall–Kier alpha value is -4.25. The Balaban J connectivity index is 1.23. The van der Waals surface area contributed by atoms with E-state index in [4.69, 9.17) is 4.98 Å². The first-order valence-electron chi connectivity index (χ1n) is 13.2. The number of anilines is 1. The Kier molecular flexibility index (Phi) is 8.11. The predicted molar refractivity (Wildman–Crippen MR) is 148 cm³/mol. The molecule has 0 unspecified atom stereocenters. The second-order valence-electron chi connectivity index (χ2n) is 10.4. The molecular weight excluding hydrogens is 516 g/mol. The average Bonchev–Trinajstić information content (AvgIpc) is 2.95. The van der Waals surface area contributed by atoms with Gasteiger partial charge in [0.05, 0.1) is 30.1 Å². The molecule has 1 aliphatic rings. The normalized spacial score (nSPS) is 17.2. The second kappa shape index (κ2) is 11.9. The van der Waals surface area contributed by atoms with Gasteiger partial charge in [0.15, 0.2) is 11.6 Å². The van der Waals surface area contributed by atoms with Crippen LogP contribution in [0.25, 0.3) is 11.0 Å². The Morgan fingerprint density at radius 1 is 1.00 bits per heavy atom. The van der Waals surface area contributed by atoms with Crippen molar-refractivity contribution < 1.29 is 13.6 Å². The lowest BCUT2D eigenvalue weighted by atomic mass is 9.90. The number of fused-ring (bicyclic) bond motifs is 1. The molecule has 40 heavy (non-hydrogen) atoms. The van der Waals surface area contributed by atoms with Gasteiger partial charge in [-0.3, -0.25) is 19.1 Å². The zero-order chi connectivity index (χ0) is 28.2. The molecule has 2 aromatic carbocycles. The zero-order valence-corrected chi connectivity index (χ0v) is 22.4. The summed E-state index contributed by atoms with van der Waals surface area (Å²) >= 11 is 0. The van der Waals surface area contributed by atoms with Gasteiger partial charge in [0.1, 0.15) is 11.4 Å². The number of benzene rings is 2. The molecule has 5 rings (SSSR count). The van der Waals surface area contributed by atoms with Crippen LogP contribution in [0.5, 0.6) is 0 Å². The van der Waals surface area contributed by atoms with Crippen LogP contribution < -0.4 is 16.2 Å². The van der Waals surface area contributed by atoms with Crippen molar-refractivity contribution in [3.63, 3.8) is 0 Å². The van der Waals surface area contributed by atoms with Crippen LogP contribution >= 0.6 is 0 Å². The van der Waals surface area contributed by atoms with Gasteiger partial charge >= 0.3 is 0 Å². The minimum absolute atomic E-state index is 0.0546. The Bertz CT molecular complexity index is 1580. The third-order valence-corrected chi connectivity index (χ3v) is 7.32. The summed E-state index contributed by atoms with van der Waals surface area (Å²) in [5.74, 6) is -1.86. The van der Waals surface area contributed by atoms with Crippen LogP contribution in [-0.4, -0.2) is 56.5 Å². The second-order valence-corrected chi connectivity index (χ2v) is 10.4. The SMILES string of the molecule is CN(C)[C@H]1CC[C@H](Nc2cnc3ccc(CNC(=O)c4cncn(Cc5ccc(F)c(F)c5)c4=O)cc3n2)CC1. The van der Waals surface area contributed by atoms with Crippen LogP contribution in [-0.2, 0) is 13.1 Å². The van der Waals surface area contributed by atoms with Gasteiger partial charge in [-0.15, -0.1) is 0 Å². The molecule has 0 saturated heterocycles. The summed E-state index contributed by atoms with van der Waals surface area (Å²) in [6.45, 7) is 0.112. The maximum Gasteiger partial charge on any atom is 0.266 e. The van der Waals surface area contributed by atoms with Gasteiger partial charge in [0.25, 0.3) is 11.5 Å². The smallest absolute Gasteiger partial charge is 0.266 e. The van der Waals surface area contributed by atoms with E-state index in [1.807, 2.05) is 18.2 Å². The number of amides is 1. The van der Waals surface area contributed by atoms with E-state index in [0.717, 1.165) is 54.7 Å². The summed E-state index contributed by atoms with van der Waals surface area (Å²) < 4.78 is 28.0. The van der Waals surface area contributed by atoms with Gasteiger partial charge in [-0.1, -0.05) is 12.1 Å². The molecule has 2 aromatic heterocycles. The van der Waals surface area contributed by atoms with Crippen molar-refractivity contribution in [2.45, 2.75) is 50.9 Å². The van der Waals surface area contributed by atoms with Gasteiger partial charge in [0.2, 0.25) is 0 Å². The minimum Gasteiger partial charge on any atom is -0.366 e. The number of rotatable bonds is 8. The third-order valence-electron chi connectivity index (χ3n) is 7.32. The zero-order valence-electron chi connectivity index (χ0n) is 22.4. The molecule has 0 atom stereocenters. The van der Waals surface area contributed by atoms with Gasteiger partial charge < -0.3 is 15.5 Å². The van der Waals surface area contributed by atoms with Crippen molar-refractivity contribution in [2.75, 3.05) is 19.4 Å². The van der Waals surface area contributed by atoms with Crippen molar-refractivity contribution in [1.82, 2.24) is 29.7 Å². The molecule has 2 N–H and O–H groups in total. The summed E-state index contributed by atoms with van der Waals surface area (Å²) in [4.78, 5) is 41.2. The van der Waals surface area contributed by atoms with E-state index in [-0.39, 0.29) is 18.7 Å². The fraction of sp³-hybridized carbons (Fsp3) is 0.345. The van der Waals surface area contributed by atoms with E-state index >= 15 is 0 Å². The molecular formula is C29H31F2N7O2. The largest absolute Gasteiger partial charge is 0.366 e. The molecule has 9 nitrogen and oxygen atoms in total. The van der Waals surface area contributed by atoms with Crippen LogP contribution in [0, 0.1) is 11.6 Å². The van der Waals surface area contributed by atoms with Crippen LogP contribution in [0.3, 0.4) is 0 Å². The first-order valence-corrected chi connectivity index (χ1v) is 13.2. The lowest BCUT2D eigenvalue weighted by molar-refractivity contribution is 0.0948. The number of nitrogens with zero attached hydrogens (tertiary/aromatic N) is 5. The molecule has 0 aliphatic heterocycles. The number of hydrogen-bond acceptors (Lipinski definition) is 7. The number of hydrogen-bond donors (Lipinski definition) is 2. The standard InChI is InChI=1S/C29H31F2N7O2/c1-37(2)21-7-5-20(6-8-21)35-27-15-33-25-10-4-18(12-26(25)36-27)13-34-28(39)22-14-32-17-38(29(22)40)16-19-3-9-23(30)24(31)11-19/h3-4,9-12,14-15,17,20-21H,5-8,13,16H2,1-2H3,(H,34,39)(H,35,36)/t20-,21-. The molecule has 2 heterocycles. The molecule has 0 spiro atoms. The quantitative estimate of drug-likeness (QED) is 0.346. The molecule has 4 aromatic rings. The van der Waals surface area contributed by atoms with Crippen molar-refractivity contribution >= 4 is 22.8 Å². The van der Waals surface area contributed by atoms with E-state index in [1.165, 1.54) is 23.2 Å². The first kappa shape index (κ1) is 27.3. The maximum absolute atomic E-state index is 13.6. The Morgan fingerprint density at radius 3 is 2.52 bits per heavy atom. The molecule has 208 valence electrons. The molecule has 1 saturated carbocycles. The summed E-state index contributed by atoms with van der Waals surface area (Å²) in [7, 11) is 4.25. The van der Waals surface area contributed by atoms with Crippen LogP contribution in [0.4, 0.5) is 14.6 Å². The lowest BCUT2D eigenvalue weighted by Gasteiger charge is -2.33. The highest BCUT2D eigenvalue weighted by molar-refractivity contribution is 5.93. The van der Waals surface area contributed by atoms with Crippen LogP contribution in [0.15, 0.2) is 59.9 Å². The van der Waals surface area contributed by atoms with E-state index in [0.29, 0.717) is 23.2 Å². The summed E-state index contributed by atoms with van der Waals surface area (Å²) in [6, 6.07) is 9.89.